The van der Waals surface area contributed by atoms with Crippen LogP contribution in [0, 0.1) is 0 Å². The fourth-order valence-corrected chi connectivity index (χ4v) is 4.71. The number of hydrogen-bond acceptors (Lipinski definition) is 3. The molecule has 0 spiro atoms. The number of hydrogen-bond donors (Lipinski definition) is 0. The van der Waals surface area contributed by atoms with Crippen molar-refractivity contribution in [1.82, 2.24) is 9.55 Å². The predicted octanol–water partition coefficient (Wildman–Crippen LogP) is 5.53. The molecule has 5 nitrogen and oxygen atoms in total. The van der Waals surface area contributed by atoms with Crippen molar-refractivity contribution in [2.45, 2.75) is 13.1 Å². The van der Waals surface area contributed by atoms with Gasteiger partial charge in [-0.15, -0.1) is 0 Å². The van der Waals surface area contributed by atoms with Gasteiger partial charge in [0, 0.05) is 5.56 Å². The normalized spacial score (nSPS) is 13.9. The molecule has 4 aromatic carbocycles. The molecule has 36 heavy (non-hydrogen) atoms. The van der Waals surface area contributed by atoms with Crippen LogP contribution in [0.3, 0.4) is 0 Å². The molecule has 1 amide bonds. The summed E-state index contributed by atoms with van der Waals surface area (Å²) in [5, 5.41) is 0.555. The third kappa shape index (κ3) is 3.91. The van der Waals surface area contributed by atoms with Crippen molar-refractivity contribution in [2.75, 3.05) is 4.90 Å². The third-order valence-electron chi connectivity index (χ3n) is 6.49. The van der Waals surface area contributed by atoms with Crippen LogP contribution in [0.1, 0.15) is 22.5 Å². The second-order valence-electron chi connectivity index (χ2n) is 8.82. The zero-order chi connectivity index (χ0) is 24.5. The van der Waals surface area contributed by atoms with E-state index in [-0.39, 0.29) is 11.5 Å². The molecule has 0 bridgehead atoms. The molecule has 0 N–H and O–H groups in total. The van der Waals surface area contributed by atoms with Gasteiger partial charge in [0.25, 0.3) is 11.5 Å². The number of carbonyl (C=O) groups excluding carboxylic acids is 1. The number of amides is 1. The van der Waals surface area contributed by atoms with Crippen molar-refractivity contribution in [1.29, 1.82) is 0 Å². The zero-order valence-corrected chi connectivity index (χ0v) is 19.5. The molecular weight excluding hydrogens is 446 g/mol. The van der Waals surface area contributed by atoms with Gasteiger partial charge in [-0.2, -0.15) is 0 Å². The van der Waals surface area contributed by atoms with E-state index in [1.54, 1.807) is 21.6 Å². The van der Waals surface area contributed by atoms with Gasteiger partial charge < -0.3 is 4.90 Å². The second-order valence-corrected chi connectivity index (χ2v) is 8.82. The number of benzene rings is 4. The van der Waals surface area contributed by atoms with Gasteiger partial charge in [-0.3, -0.25) is 14.2 Å². The van der Waals surface area contributed by atoms with E-state index in [0.29, 0.717) is 35.4 Å². The van der Waals surface area contributed by atoms with Crippen LogP contribution in [0.15, 0.2) is 114 Å². The summed E-state index contributed by atoms with van der Waals surface area (Å²) in [6.45, 7) is 0.830. The maximum absolute atomic E-state index is 13.7. The van der Waals surface area contributed by atoms with Gasteiger partial charge in [-0.05, 0) is 35.4 Å². The van der Waals surface area contributed by atoms with Crippen LogP contribution in [-0.4, -0.2) is 15.5 Å². The van der Waals surface area contributed by atoms with Crippen molar-refractivity contribution in [2.24, 2.45) is 0 Å². The van der Waals surface area contributed by atoms with Crippen LogP contribution in [0.25, 0.3) is 22.6 Å². The molecule has 5 aromatic rings. The molecular formula is C31H23N3O2. The molecule has 0 saturated heterocycles. The summed E-state index contributed by atoms with van der Waals surface area (Å²) in [5.74, 6) is 0.357. The Morgan fingerprint density at radius 2 is 1.28 bits per heavy atom. The minimum Gasteiger partial charge on any atom is -0.303 e. The maximum Gasteiger partial charge on any atom is 0.261 e. The molecule has 174 valence electrons. The molecule has 0 fully saturated rings. The van der Waals surface area contributed by atoms with Gasteiger partial charge in [0.05, 0.1) is 35.3 Å². The van der Waals surface area contributed by atoms with Gasteiger partial charge in [-0.25, -0.2) is 4.98 Å². The molecule has 6 rings (SSSR count). The van der Waals surface area contributed by atoms with Crippen LogP contribution in [-0.2, 0) is 17.9 Å². The highest BCUT2D eigenvalue weighted by molar-refractivity contribution is 6.35. The quantitative estimate of drug-likeness (QED) is 0.318. The summed E-state index contributed by atoms with van der Waals surface area (Å²) in [6, 6.07) is 34.9. The Hall–Kier alpha value is -4.77. The van der Waals surface area contributed by atoms with E-state index in [4.69, 9.17) is 4.98 Å². The Morgan fingerprint density at radius 3 is 2.03 bits per heavy atom. The molecule has 0 aliphatic carbocycles. The summed E-state index contributed by atoms with van der Waals surface area (Å²) in [4.78, 5) is 33.9. The van der Waals surface area contributed by atoms with Crippen molar-refractivity contribution in [3.05, 3.63) is 142 Å². The van der Waals surface area contributed by atoms with E-state index >= 15 is 0 Å². The lowest BCUT2D eigenvalue weighted by molar-refractivity contribution is -0.113. The Bertz CT molecular complexity index is 1670. The summed E-state index contributed by atoms with van der Waals surface area (Å²) in [6.07, 6.45) is 1.77. The Morgan fingerprint density at radius 1 is 0.667 bits per heavy atom. The zero-order valence-electron chi connectivity index (χ0n) is 19.5. The first-order valence-corrected chi connectivity index (χ1v) is 11.9. The summed E-state index contributed by atoms with van der Waals surface area (Å²) in [7, 11) is 0. The summed E-state index contributed by atoms with van der Waals surface area (Å²) >= 11 is 0. The van der Waals surface area contributed by atoms with E-state index in [1.165, 1.54) is 0 Å². The average molecular weight is 470 g/mol. The lowest BCUT2D eigenvalue weighted by atomic mass is 10.1. The summed E-state index contributed by atoms with van der Waals surface area (Å²) in [5.41, 5.74) is 4.74. The lowest BCUT2D eigenvalue weighted by Crippen LogP contribution is -2.26. The van der Waals surface area contributed by atoms with E-state index < -0.39 is 0 Å². The van der Waals surface area contributed by atoms with Crippen LogP contribution < -0.4 is 10.5 Å². The number of anilines is 1. The highest BCUT2D eigenvalue weighted by Gasteiger charge is 2.32. The largest absolute Gasteiger partial charge is 0.303 e. The fourth-order valence-electron chi connectivity index (χ4n) is 4.71. The number of para-hydroxylation sites is 2. The predicted molar refractivity (Wildman–Crippen MR) is 143 cm³/mol. The smallest absolute Gasteiger partial charge is 0.261 e. The number of nitrogens with zero attached hydrogens (tertiary/aromatic N) is 3. The third-order valence-corrected chi connectivity index (χ3v) is 6.49. The van der Waals surface area contributed by atoms with Crippen LogP contribution in [0.2, 0.25) is 0 Å². The van der Waals surface area contributed by atoms with Crippen molar-refractivity contribution in [3.8, 4) is 0 Å². The van der Waals surface area contributed by atoms with Crippen molar-refractivity contribution in [3.63, 3.8) is 0 Å². The van der Waals surface area contributed by atoms with Gasteiger partial charge in [0.2, 0.25) is 0 Å². The van der Waals surface area contributed by atoms with Gasteiger partial charge in [0.1, 0.15) is 5.82 Å². The van der Waals surface area contributed by atoms with E-state index in [2.05, 4.69) is 0 Å². The van der Waals surface area contributed by atoms with E-state index in [1.807, 2.05) is 103 Å². The van der Waals surface area contributed by atoms with Gasteiger partial charge in [-0.1, -0.05) is 91.0 Å². The van der Waals surface area contributed by atoms with Crippen LogP contribution in [0.5, 0.6) is 0 Å². The number of carbonyl (C=O) groups is 1. The van der Waals surface area contributed by atoms with Crippen molar-refractivity contribution >= 4 is 34.1 Å². The molecule has 5 heteroatoms. The average Bonchev–Trinajstić information content (AvgIpc) is 3.18. The molecule has 0 radical (unpaired) electrons. The minimum atomic E-state index is -0.129. The topological polar surface area (TPSA) is 55.2 Å². The number of fused-ring (bicyclic) bond motifs is 2. The molecule has 2 heterocycles. The molecule has 0 atom stereocenters. The fraction of sp³-hybridized carbons (Fsp3) is 0.0645. The molecule has 0 unspecified atom stereocenters. The Kier molecular flexibility index (Phi) is 5.51. The minimum absolute atomic E-state index is 0.103. The van der Waals surface area contributed by atoms with Crippen molar-refractivity contribution < 1.29 is 4.79 Å². The molecule has 1 aromatic heterocycles. The maximum atomic E-state index is 13.7. The molecule has 1 aliphatic rings. The number of rotatable bonds is 5. The first-order valence-electron chi connectivity index (χ1n) is 11.9. The lowest BCUT2D eigenvalue weighted by Gasteiger charge is -2.17. The molecule has 0 saturated carbocycles. The Labute approximate surface area is 208 Å². The molecule has 1 aliphatic heterocycles. The first kappa shape index (κ1) is 21.7. The highest BCUT2D eigenvalue weighted by atomic mass is 16.2. The standard InChI is InChI=1S/C31H23N3O2/c35-30-25-16-7-9-17-27(25)32-29(34(30)21-23-13-5-2-6-14-23)19-26-24-15-8-10-18-28(24)33(31(26)36)20-22-11-3-1-4-12-22/h1-19H,20-21H2. The number of aromatic nitrogens is 2. The summed E-state index contributed by atoms with van der Waals surface area (Å²) < 4.78 is 1.65. The Balaban J connectivity index is 1.50. The second kappa shape index (κ2) is 9.12. The first-order chi connectivity index (χ1) is 17.7. The van der Waals surface area contributed by atoms with Gasteiger partial charge in [0.15, 0.2) is 0 Å². The van der Waals surface area contributed by atoms with Crippen LogP contribution in [0.4, 0.5) is 5.69 Å². The highest BCUT2D eigenvalue weighted by Crippen LogP contribution is 2.38. The van der Waals surface area contributed by atoms with E-state index in [9.17, 15) is 9.59 Å². The monoisotopic (exact) mass is 469 g/mol. The van der Waals surface area contributed by atoms with Gasteiger partial charge >= 0.3 is 0 Å². The SMILES string of the molecule is O=C1C(=Cc2nc3ccccc3c(=O)n2Cc2ccccc2)c2ccccc2N1Cc1ccccc1. The van der Waals surface area contributed by atoms with E-state index in [0.717, 1.165) is 22.4 Å². The van der Waals surface area contributed by atoms with Crippen LogP contribution >= 0.6 is 0 Å².